The van der Waals surface area contributed by atoms with Gasteiger partial charge in [-0.2, -0.15) is 4.99 Å². The molecule has 4 rings (SSSR count). The molecular weight excluding hydrogens is 463 g/mol. The molecule has 2 aromatic carbocycles. The van der Waals surface area contributed by atoms with E-state index in [4.69, 9.17) is 33.9 Å². The second-order valence-corrected chi connectivity index (χ2v) is 8.71. The van der Waals surface area contributed by atoms with Crippen LogP contribution in [0.3, 0.4) is 0 Å². The fraction of sp³-hybridized carbons (Fsp3) is 0.0417. The number of amides is 1. The van der Waals surface area contributed by atoms with E-state index >= 15 is 0 Å². The van der Waals surface area contributed by atoms with Crippen LogP contribution in [0.1, 0.15) is 15.2 Å². The molecule has 1 amide bonds. The van der Waals surface area contributed by atoms with E-state index in [9.17, 15) is 4.79 Å². The van der Waals surface area contributed by atoms with Gasteiger partial charge in [0, 0.05) is 33.9 Å². The first kappa shape index (κ1) is 22.0. The Balaban J connectivity index is 1.61. The number of nitrogens with zero attached hydrogens (tertiary/aromatic N) is 2. The van der Waals surface area contributed by atoms with Gasteiger partial charge in [-0.1, -0.05) is 53.5 Å². The summed E-state index contributed by atoms with van der Waals surface area (Å²) in [7, 11) is 0. The monoisotopic (exact) mass is 480 g/mol. The van der Waals surface area contributed by atoms with Crippen molar-refractivity contribution in [2.45, 2.75) is 6.54 Å². The van der Waals surface area contributed by atoms with Crippen molar-refractivity contribution in [1.82, 2.24) is 10.3 Å². The highest BCUT2D eigenvalue weighted by Gasteiger charge is 2.12. The maximum Gasteiger partial charge on any atom is 0.290 e. The molecule has 2 heterocycles. The van der Waals surface area contributed by atoms with Gasteiger partial charge in [0.2, 0.25) is 0 Å². The molecule has 0 fully saturated rings. The summed E-state index contributed by atoms with van der Waals surface area (Å²) in [5.74, 6) is -0.318. The van der Waals surface area contributed by atoms with Gasteiger partial charge in [0.25, 0.3) is 5.91 Å². The lowest BCUT2D eigenvalue weighted by molar-refractivity contribution is 0.101. The van der Waals surface area contributed by atoms with Gasteiger partial charge in [0.15, 0.2) is 5.96 Å². The van der Waals surface area contributed by atoms with Gasteiger partial charge in [0.1, 0.15) is 0 Å². The SMILES string of the molecule is N/C(=N\C(=O)c1cccs1)NCc1cnc(-c2ccc(Cl)cc2)c(-c2ccc(Cl)cc2)c1. The third kappa shape index (κ3) is 5.34. The van der Waals surface area contributed by atoms with Gasteiger partial charge in [-0.25, -0.2) is 0 Å². The number of rotatable bonds is 5. The molecule has 8 heteroatoms. The molecule has 0 saturated carbocycles. The van der Waals surface area contributed by atoms with Crippen LogP contribution in [-0.4, -0.2) is 16.9 Å². The Morgan fingerprint density at radius 1 is 1.00 bits per heavy atom. The number of pyridine rings is 1. The predicted molar refractivity (Wildman–Crippen MR) is 132 cm³/mol. The highest BCUT2D eigenvalue weighted by Crippen LogP contribution is 2.32. The third-order valence-corrected chi connectivity index (χ3v) is 6.01. The van der Waals surface area contributed by atoms with Crippen LogP contribution in [0, 0.1) is 0 Å². The molecule has 0 radical (unpaired) electrons. The van der Waals surface area contributed by atoms with Gasteiger partial charge in [-0.3, -0.25) is 9.78 Å². The van der Waals surface area contributed by atoms with Crippen LogP contribution in [0.4, 0.5) is 0 Å². The van der Waals surface area contributed by atoms with Crippen molar-refractivity contribution in [3.05, 3.63) is 98.8 Å². The van der Waals surface area contributed by atoms with Crippen molar-refractivity contribution in [3.8, 4) is 22.4 Å². The van der Waals surface area contributed by atoms with Crippen LogP contribution in [0.25, 0.3) is 22.4 Å². The molecule has 0 atom stereocenters. The minimum Gasteiger partial charge on any atom is -0.370 e. The Bertz CT molecular complexity index is 1250. The van der Waals surface area contributed by atoms with Crippen molar-refractivity contribution in [2.75, 3.05) is 0 Å². The molecule has 4 aromatic rings. The number of thiophene rings is 1. The van der Waals surface area contributed by atoms with Crippen molar-refractivity contribution < 1.29 is 4.79 Å². The number of nitrogens with one attached hydrogen (secondary N) is 1. The number of aromatic nitrogens is 1. The molecule has 0 unspecified atom stereocenters. The molecule has 0 saturated heterocycles. The van der Waals surface area contributed by atoms with Gasteiger partial charge < -0.3 is 11.1 Å². The highest BCUT2D eigenvalue weighted by atomic mass is 35.5. The molecule has 5 nitrogen and oxygen atoms in total. The molecule has 3 N–H and O–H groups in total. The minimum atomic E-state index is -0.372. The first-order chi connectivity index (χ1) is 15.5. The molecule has 32 heavy (non-hydrogen) atoms. The van der Waals surface area contributed by atoms with E-state index in [0.717, 1.165) is 27.9 Å². The summed E-state index contributed by atoms with van der Waals surface area (Å²) in [5.41, 5.74) is 10.5. The van der Waals surface area contributed by atoms with Crippen molar-refractivity contribution >= 4 is 46.4 Å². The normalized spacial score (nSPS) is 11.4. The van der Waals surface area contributed by atoms with E-state index in [1.54, 1.807) is 18.3 Å². The van der Waals surface area contributed by atoms with E-state index in [2.05, 4.69) is 10.3 Å². The number of benzene rings is 2. The van der Waals surface area contributed by atoms with Crippen LogP contribution in [-0.2, 0) is 6.54 Å². The molecule has 0 aliphatic rings. The van der Waals surface area contributed by atoms with Crippen LogP contribution in [0.15, 0.2) is 83.3 Å². The van der Waals surface area contributed by atoms with E-state index in [1.807, 2.05) is 60.0 Å². The second kappa shape index (κ2) is 9.96. The first-order valence-electron chi connectivity index (χ1n) is 9.66. The van der Waals surface area contributed by atoms with Crippen molar-refractivity contribution in [3.63, 3.8) is 0 Å². The maximum atomic E-state index is 12.1. The number of hydrogen-bond donors (Lipinski definition) is 2. The number of hydrogen-bond acceptors (Lipinski definition) is 3. The predicted octanol–water partition coefficient (Wildman–Crippen LogP) is 6.03. The molecule has 0 aliphatic heterocycles. The van der Waals surface area contributed by atoms with E-state index in [1.165, 1.54) is 11.3 Å². The Morgan fingerprint density at radius 3 is 2.28 bits per heavy atom. The van der Waals surface area contributed by atoms with Crippen LogP contribution < -0.4 is 11.1 Å². The standard InChI is InChI=1S/C24H18Cl2N4OS/c25-18-7-3-16(4-8-18)20-12-15(13-28-22(20)17-5-9-19(26)10-6-17)14-29-24(27)30-23(31)21-2-1-11-32-21/h1-13H,14H2,(H3,27,29,30,31). The largest absolute Gasteiger partial charge is 0.370 e. The zero-order chi connectivity index (χ0) is 22.5. The number of carbonyl (C=O) groups excluding carboxylic acids is 1. The average molecular weight is 481 g/mol. The quantitative estimate of drug-likeness (QED) is 0.270. The Labute approximate surface area is 199 Å². The van der Waals surface area contributed by atoms with Crippen molar-refractivity contribution in [2.24, 2.45) is 10.7 Å². The Kier molecular flexibility index (Phi) is 6.85. The van der Waals surface area contributed by atoms with E-state index < -0.39 is 0 Å². The van der Waals surface area contributed by atoms with E-state index in [0.29, 0.717) is 21.5 Å². The summed E-state index contributed by atoms with van der Waals surface area (Å²) in [5, 5.41) is 6.12. The Hall–Kier alpha value is -3.19. The smallest absolute Gasteiger partial charge is 0.290 e. The summed E-state index contributed by atoms with van der Waals surface area (Å²) < 4.78 is 0. The highest BCUT2D eigenvalue weighted by molar-refractivity contribution is 7.12. The molecule has 2 aromatic heterocycles. The molecule has 0 spiro atoms. The molecule has 160 valence electrons. The van der Waals surface area contributed by atoms with Crippen LogP contribution in [0.2, 0.25) is 10.0 Å². The average Bonchev–Trinajstić information content (AvgIpc) is 3.34. The second-order valence-electron chi connectivity index (χ2n) is 6.89. The Morgan fingerprint density at radius 2 is 1.66 bits per heavy atom. The summed E-state index contributed by atoms with van der Waals surface area (Å²) in [4.78, 5) is 21.2. The first-order valence-corrected chi connectivity index (χ1v) is 11.3. The lowest BCUT2D eigenvalue weighted by Gasteiger charge is -2.13. The molecular formula is C24H18Cl2N4OS. The minimum absolute atomic E-state index is 0.0539. The molecule has 0 bridgehead atoms. The van der Waals surface area contributed by atoms with Gasteiger partial charge >= 0.3 is 0 Å². The van der Waals surface area contributed by atoms with Gasteiger partial charge in [0.05, 0.1) is 10.6 Å². The topological polar surface area (TPSA) is 80.4 Å². The number of nitrogens with two attached hydrogens (primary N) is 1. The van der Waals surface area contributed by atoms with E-state index in [-0.39, 0.29) is 11.9 Å². The van der Waals surface area contributed by atoms with Crippen molar-refractivity contribution in [1.29, 1.82) is 0 Å². The zero-order valence-electron chi connectivity index (χ0n) is 16.8. The number of guanidine groups is 1. The summed E-state index contributed by atoms with van der Waals surface area (Å²) in [6.45, 7) is 0.363. The number of halogens is 2. The molecule has 0 aliphatic carbocycles. The maximum absolute atomic E-state index is 12.1. The lowest BCUT2D eigenvalue weighted by atomic mass is 9.98. The lowest BCUT2D eigenvalue weighted by Crippen LogP contribution is -2.32. The third-order valence-electron chi connectivity index (χ3n) is 4.64. The summed E-state index contributed by atoms with van der Waals surface area (Å²) >= 11 is 13.4. The van der Waals surface area contributed by atoms with Crippen LogP contribution in [0.5, 0.6) is 0 Å². The summed E-state index contributed by atoms with van der Waals surface area (Å²) in [6.07, 6.45) is 1.77. The van der Waals surface area contributed by atoms with Crippen LogP contribution >= 0.6 is 34.5 Å². The van der Waals surface area contributed by atoms with Gasteiger partial charge in [-0.15, -0.1) is 11.3 Å². The number of carbonyl (C=O) groups is 1. The number of aliphatic imine (C=N–C) groups is 1. The summed E-state index contributed by atoms with van der Waals surface area (Å²) in [6, 6.07) is 20.7. The fourth-order valence-electron chi connectivity index (χ4n) is 3.09. The fourth-order valence-corrected chi connectivity index (χ4v) is 3.95. The van der Waals surface area contributed by atoms with Gasteiger partial charge in [-0.05, 0) is 52.9 Å². The zero-order valence-corrected chi connectivity index (χ0v) is 19.1.